The van der Waals surface area contributed by atoms with E-state index in [9.17, 15) is 0 Å². The molecule has 9 heteroatoms. The standard InChI is InChI=1S/C12H28Ge.C9H21ClGe.C6H16Ge.2GeH3.2HI.Sm/c1-9(2)13(10(3)4,11(5)6)12(7)8;1-7(2)11(10,8(3)4)9(5)6;1-5(2)7-6(3)4;;;;;/h9-12H,1-8H3;7-9H,1-6H3;5-6H,7H2,1-4H3;2*1H3;2*1H;/q;;;;;;;+2/p-2. The van der Waals surface area contributed by atoms with Crippen molar-refractivity contribution in [1.29, 1.82) is 0 Å². The fraction of sp³-hybridized carbons (Fsp3) is 1.00. The van der Waals surface area contributed by atoms with Crippen molar-refractivity contribution < 1.29 is 25.5 Å². The molecule has 0 aliphatic heterocycles. The van der Waals surface area contributed by atoms with Gasteiger partial charge in [-0.05, 0) is 0 Å². The van der Waals surface area contributed by atoms with Gasteiger partial charge in [-0.3, -0.25) is 0 Å². The Kier molecular flexibility index (Phi) is 44.5. The van der Waals surface area contributed by atoms with E-state index in [-0.39, 0.29) is 76.1 Å². The first-order valence-corrected chi connectivity index (χ1v) is 43.4. The van der Waals surface area contributed by atoms with Gasteiger partial charge in [0.1, 0.15) is 0 Å². The van der Waals surface area contributed by atoms with Gasteiger partial charge in [0.05, 0.1) is 0 Å². The zero-order chi connectivity index (χ0) is 28.6. The molecule has 0 bridgehead atoms. The molecule has 0 aromatic heterocycles. The molecule has 0 spiro atoms. The van der Waals surface area contributed by atoms with E-state index in [1.807, 2.05) is 0 Å². The Labute approximate surface area is 301 Å². The van der Waals surface area contributed by atoms with Crippen LogP contribution in [0.25, 0.3) is 0 Å². The predicted octanol–water partition coefficient (Wildman–Crippen LogP) is 10.7. The van der Waals surface area contributed by atoms with Crippen LogP contribution in [0.3, 0.4) is 0 Å². The third kappa shape index (κ3) is 22.3. The van der Waals surface area contributed by atoms with Crippen LogP contribution in [0.5, 0.6) is 0 Å². The van der Waals surface area contributed by atoms with E-state index in [2.05, 4.69) is 153 Å². The molecule has 226 valence electrons. The molecule has 0 saturated heterocycles. The first-order chi connectivity index (χ1) is 15.1. The first kappa shape index (κ1) is 54.3. The van der Waals surface area contributed by atoms with Crippen molar-refractivity contribution in [3.63, 3.8) is 0 Å². The van der Waals surface area contributed by atoms with Crippen molar-refractivity contribution in [2.24, 2.45) is 0 Å². The Morgan fingerprint density at radius 1 is 0.472 bits per heavy atom. The predicted molar refractivity (Wildman–Crippen MR) is 210 cm³/mol. The van der Waals surface area contributed by atoms with Crippen LogP contribution in [-0.4, -0.2) is 76.2 Å². The van der Waals surface area contributed by atoms with Crippen LogP contribution in [0.2, 0.25) is 42.8 Å². The molecule has 0 heterocycles. The first-order valence-electron chi connectivity index (χ1n) is 13.7. The quantitative estimate of drug-likeness (QED) is 0.159. The summed E-state index contributed by atoms with van der Waals surface area (Å²) in [6.45, 7) is 42.8. The second kappa shape index (κ2) is 29.5. The molecule has 0 nitrogen and oxygen atoms in total. The van der Waals surface area contributed by atoms with Crippen molar-refractivity contribution in [3.05, 3.63) is 0 Å². The van der Waals surface area contributed by atoms with E-state index >= 15 is 0 Å². The topological polar surface area (TPSA) is 0 Å². The van der Waals surface area contributed by atoms with Gasteiger partial charge >= 0.3 is 308 Å². The zero-order valence-corrected chi connectivity index (χ0v) is 51.7. The van der Waals surface area contributed by atoms with Gasteiger partial charge in [-0.15, -0.1) is 0 Å². The summed E-state index contributed by atoms with van der Waals surface area (Å²) >= 11 is 1.28. The molecule has 0 saturated carbocycles. The van der Waals surface area contributed by atoms with Crippen molar-refractivity contribution in [1.82, 2.24) is 0 Å². The summed E-state index contributed by atoms with van der Waals surface area (Å²) in [6.07, 6.45) is 0. The van der Waals surface area contributed by atoms with Gasteiger partial charge in [0.25, 0.3) is 0 Å². The van der Waals surface area contributed by atoms with E-state index in [1.165, 1.54) is 0 Å². The van der Waals surface area contributed by atoms with Crippen LogP contribution in [0.15, 0.2) is 0 Å². The van der Waals surface area contributed by atoms with E-state index in [4.69, 9.17) is 10.0 Å². The molecule has 0 aromatic carbocycles. The Morgan fingerprint density at radius 2 is 0.639 bits per heavy atom. The molecule has 0 N–H and O–H groups in total. The van der Waals surface area contributed by atoms with Crippen LogP contribution in [0, 0.1) is 25.5 Å². The van der Waals surface area contributed by atoms with Crippen molar-refractivity contribution in [3.8, 4) is 0 Å². The Morgan fingerprint density at radius 3 is 0.639 bits per heavy atom. The third-order valence-electron chi connectivity index (χ3n) is 7.60. The Hall–Kier alpha value is 5.80. The fourth-order valence-electron chi connectivity index (χ4n) is 6.94. The summed E-state index contributed by atoms with van der Waals surface area (Å²) in [6, 6.07) is 0. The van der Waals surface area contributed by atoms with Gasteiger partial charge in [0.15, 0.2) is 0 Å². The van der Waals surface area contributed by atoms with E-state index in [0.29, 0.717) is 0 Å². The molecule has 0 amide bonds. The SMILES string of the molecule is C[CH](C)[GeH2][CH](C)C.C[CH](C)[Ge]([CH](C)C)([CH](C)C)[CH](C)C.C[CH](C)[Ge]([Cl])([CH](C)C)[CH](C)C.[GeH3].[GeH3].[I][Sm][I]. The molecule has 0 aliphatic rings. The van der Waals surface area contributed by atoms with Gasteiger partial charge in [0.2, 0.25) is 0 Å². The summed E-state index contributed by atoms with van der Waals surface area (Å²) in [5.41, 5.74) is 0. The van der Waals surface area contributed by atoms with Gasteiger partial charge in [-0.2, -0.15) is 0 Å². The van der Waals surface area contributed by atoms with Crippen LogP contribution in [0.1, 0.15) is 125 Å². The van der Waals surface area contributed by atoms with Crippen LogP contribution < -0.4 is 0 Å². The molecular weight excluding hydrogens is 1130 g/mol. The van der Waals surface area contributed by atoms with E-state index in [0.717, 1.165) is 42.8 Å². The number of hydrogen-bond donors (Lipinski definition) is 0. The maximum absolute atomic E-state index is 6.73. The average molecular weight is 1200 g/mol. The van der Waals surface area contributed by atoms with Crippen LogP contribution in [0.4, 0.5) is 0 Å². The molecule has 2 radical (unpaired) electrons. The Bertz CT molecular complexity index is 396. The van der Waals surface area contributed by atoms with Gasteiger partial charge in [0, 0.05) is 0 Å². The zero-order valence-electron chi connectivity index (χ0n) is 28.4. The number of rotatable bonds is 9. The minimum absolute atomic E-state index is 0. The number of hydrogen-bond acceptors (Lipinski definition) is 0. The third-order valence-corrected chi connectivity index (χ3v) is 46.3. The maximum atomic E-state index is 6.73. The molecular formula is C27H71ClGe5I2Sm. The summed E-state index contributed by atoms with van der Waals surface area (Å²) < 4.78 is 8.16. The monoisotopic (exact) mass is 1210 g/mol. The summed E-state index contributed by atoms with van der Waals surface area (Å²) in [5, 5.41) is 0. The van der Waals surface area contributed by atoms with Crippen LogP contribution in [-0.2, 0) is 0 Å². The van der Waals surface area contributed by atoms with Crippen molar-refractivity contribution >= 4 is 115 Å². The second-order valence-corrected chi connectivity index (χ2v) is 68.3. The summed E-state index contributed by atoms with van der Waals surface area (Å²) in [7, 11) is 6.73. The van der Waals surface area contributed by atoms with Crippen molar-refractivity contribution in [2.45, 2.75) is 167 Å². The number of halogens is 3. The van der Waals surface area contributed by atoms with Crippen molar-refractivity contribution in [2.75, 3.05) is 0 Å². The van der Waals surface area contributed by atoms with E-state index < -0.39 is 25.6 Å². The fourth-order valence-corrected chi connectivity index (χ4v) is 36.1. The molecule has 36 heavy (non-hydrogen) atoms. The molecule has 0 aliphatic carbocycles. The molecule has 0 unspecified atom stereocenters. The summed E-state index contributed by atoms with van der Waals surface area (Å²) in [4.78, 5) is 0. The second-order valence-electron chi connectivity index (χ2n) is 13.0. The molecule has 0 fully saturated rings. The molecule has 0 atom stereocenters. The Balaban J connectivity index is -0.0000000892. The van der Waals surface area contributed by atoms with Gasteiger partial charge in [-0.1, -0.05) is 0 Å². The van der Waals surface area contributed by atoms with Crippen LogP contribution >= 0.6 is 38.6 Å². The summed E-state index contributed by atoms with van der Waals surface area (Å²) in [5.74, 6) is 0. The van der Waals surface area contributed by atoms with Gasteiger partial charge in [-0.25, -0.2) is 0 Å². The average Bonchev–Trinajstić information content (AvgIpc) is 2.59. The minimum atomic E-state index is -2.03. The molecule has 0 rings (SSSR count). The molecule has 0 aromatic rings. The van der Waals surface area contributed by atoms with Gasteiger partial charge < -0.3 is 0 Å². The normalized spacial score (nSPS) is 11.8. The van der Waals surface area contributed by atoms with E-state index in [1.54, 1.807) is 0 Å².